The van der Waals surface area contributed by atoms with Gasteiger partial charge in [0, 0.05) is 13.0 Å². The minimum atomic E-state index is -3.72. The molecule has 5 heteroatoms. The predicted molar refractivity (Wildman–Crippen MR) is 80.0 cm³/mol. The fraction of sp³-hybridized carbons (Fsp3) is 0.438. The van der Waals surface area contributed by atoms with Gasteiger partial charge in [-0.1, -0.05) is 29.8 Å². The maximum atomic E-state index is 12.7. The van der Waals surface area contributed by atoms with Crippen LogP contribution >= 0.6 is 0 Å². The molecule has 1 fully saturated rings. The van der Waals surface area contributed by atoms with E-state index in [0.29, 0.717) is 18.9 Å². The van der Waals surface area contributed by atoms with Crippen LogP contribution in [0.2, 0.25) is 0 Å². The lowest BCUT2D eigenvalue weighted by molar-refractivity contribution is -0.131. The van der Waals surface area contributed by atoms with Crippen molar-refractivity contribution in [3.8, 4) is 0 Å². The van der Waals surface area contributed by atoms with E-state index in [1.54, 1.807) is 24.3 Å². The molecule has 21 heavy (non-hydrogen) atoms. The Hall–Kier alpha value is -1.62. The van der Waals surface area contributed by atoms with E-state index in [-0.39, 0.29) is 16.7 Å². The van der Waals surface area contributed by atoms with Crippen LogP contribution in [0.3, 0.4) is 0 Å². The van der Waals surface area contributed by atoms with E-state index in [2.05, 4.69) is 12.2 Å². The summed E-state index contributed by atoms with van der Waals surface area (Å²) in [6.07, 6.45) is 6.26. The highest BCUT2D eigenvalue weighted by atomic mass is 32.2. The first kappa shape index (κ1) is 14.3. The van der Waals surface area contributed by atoms with Crippen LogP contribution in [-0.4, -0.2) is 25.2 Å². The summed E-state index contributed by atoms with van der Waals surface area (Å²) in [6, 6.07) is 6.66. The highest BCUT2D eigenvalue weighted by Gasteiger charge is 2.40. The van der Waals surface area contributed by atoms with E-state index < -0.39 is 10.0 Å². The van der Waals surface area contributed by atoms with E-state index >= 15 is 0 Å². The van der Waals surface area contributed by atoms with Crippen molar-refractivity contribution in [1.29, 1.82) is 0 Å². The number of hydrogen-bond donors (Lipinski definition) is 0. The average molecular weight is 305 g/mol. The van der Waals surface area contributed by atoms with Crippen LogP contribution in [0.1, 0.15) is 24.8 Å². The molecule has 0 spiro atoms. The molecule has 1 amide bonds. The van der Waals surface area contributed by atoms with Crippen molar-refractivity contribution in [3.05, 3.63) is 42.0 Å². The number of sulfonamides is 1. The van der Waals surface area contributed by atoms with Crippen LogP contribution < -0.4 is 0 Å². The Balaban J connectivity index is 1.90. The van der Waals surface area contributed by atoms with Crippen LogP contribution in [0.4, 0.5) is 0 Å². The number of amides is 1. The zero-order valence-electron chi connectivity index (χ0n) is 12.0. The van der Waals surface area contributed by atoms with Crippen molar-refractivity contribution in [2.24, 2.45) is 11.8 Å². The third-order valence-electron chi connectivity index (χ3n) is 4.44. The van der Waals surface area contributed by atoms with E-state index in [1.165, 1.54) is 0 Å². The Kier molecular flexibility index (Phi) is 3.61. The number of benzene rings is 1. The Labute approximate surface area is 125 Å². The quantitative estimate of drug-likeness (QED) is 0.789. The number of rotatable bonds is 2. The van der Waals surface area contributed by atoms with E-state index in [0.717, 1.165) is 22.7 Å². The SMILES string of the molecule is Cc1ccc(S(=O)(=O)N2C[C@H]3CC=CC[C@H]3CC2=O)cc1. The Morgan fingerprint density at radius 3 is 2.33 bits per heavy atom. The molecule has 0 radical (unpaired) electrons. The lowest BCUT2D eigenvalue weighted by atomic mass is 9.79. The van der Waals surface area contributed by atoms with Crippen LogP contribution in [0.5, 0.6) is 0 Å². The zero-order chi connectivity index (χ0) is 15.0. The number of carbonyl (C=O) groups is 1. The summed E-state index contributed by atoms with van der Waals surface area (Å²) < 4.78 is 26.4. The molecule has 1 saturated heterocycles. The van der Waals surface area contributed by atoms with Gasteiger partial charge in [-0.2, -0.15) is 0 Å². The second-order valence-electron chi connectivity index (χ2n) is 5.91. The molecule has 0 bridgehead atoms. The van der Waals surface area contributed by atoms with E-state index in [4.69, 9.17) is 0 Å². The first-order chi connectivity index (χ1) is 9.98. The van der Waals surface area contributed by atoms with Gasteiger partial charge in [0.1, 0.15) is 0 Å². The Morgan fingerprint density at radius 1 is 1.05 bits per heavy atom. The predicted octanol–water partition coefficient (Wildman–Crippen LogP) is 2.50. The molecule has 1 aromatic carbocycles. The number of piperidine rings is 1. The maximum Gasteiger partial charge on any atom is 0.266 e. The monoisotopic (exact) mass is 305 g/mol. The van der Waals surface area contributed by atoms with Crippen molar-refractivity contribution in [3.63, 3.8) is 0 Å². The normalized spacial score (nSPS) is 25.8. The standard InChI is InChI=1S/C16H19NO3S/c1-12-6-8-15(9-7-12)21(19,20)17-11-14-5-3-2-4-13(14)10-16(17)18/h2-3,6-9,13-14H,4-5,10-11H2,1H3/t13-,14+/m0/s1. The highest BCUT2D eigenvalue weighted by molar-refractivity contribution is 7.89. The van der Waals surface area contributed by atoms with Gasteiger partial charge in [-0.3, -0.25) is 4.79 Å². The molecule has 0 N–H and O–H groups in total. The van der Waals surface area contributed by atoms with Gasteiger partial charge in [0.25, 0.3) is 10.0 Å². The summed E-state index contributed by atoms with van der Waals surface area (Å²) in [7, 11) is -3.72. The summed E-state index contributed by atoms with van der Waals surface area (Å²) in [5.41, 5.74) is 0.997. The number of carbonyl (C=O) groups excluding carboxylic acids is 1. The third-order valence-corrected chi connectivity index (χ3v) is 6.24. The topological polar surface area (TPSA) is 54.5 Å². The first-order valence-corrected chi connectivity index (χ1v) is 8.70. The lowest BCUT2D eigenvalue weighted by Crippen LogP contribution is -2.47. The number of hydrogen-bond acceptors (Lipinski definition) is 3. The van der Waals surface area contributed by atoms with E-state index in [1.807, 2.05) is 6.92 Å². The van der Waals surface area contributed by atoms with Crippen LogP contribution in [0.15, 0.2) is 41.3 Å². The van der Waals surface area contributed by atoms with Crippen LogP contribution in [-0.2, 0) is 14.8 Å². The van der Waals surface area contributed by atoms with Gasteiger partial charge in [-0.25, -0.2) is 12.7 Å². The van der Waals surface area contributed by atoms with Gasteiger partial charge < -0.3 is 0 Å². The molecular weight excluding hydrogens is 286 g/mol. The number of fused-ring (bicyclic) bond motifs is 1. The number of allylic oxidation sites excluding steroid dienone is 2. The van der Waals surface area contributed by atoms with Crippen molar-refractivity contribution in [2.45, 2.75) is 31.1 Å². The van der Waals surface area contributed by atoms with Gasteiger partial charge in [0.15, 0.2) is 0 Å². The number of aryl methyl sites for hydroxylation is 1. The Morgan fingerprint density at radius 2 is 1.67 bits per heavy atom. The fourth-order valence-corrected chi connectivity index (χ4v) is 4.58. The maximum absolute atomic E-state index is 12.7. The molecule has 1 aromatic rings. The summed E-state index contributed by atoms with van der Waals surface area (Å²) in [4.78, 5) is 12.5. The molecule has 4 nitrogen and oxygen atoms in total. The molecule has 2 aliphatic rings. The summed E-state index contributed by atoms with van der Waals surface area (Å²) in [5.74, 6) is 0.284. The second-order valence-corrected chi connectivity index (χ2v) is 7.77. The van der Waals surface area contributed by atoms with Crippen molar-refractivity contribution in [2.75, 3.05) is 6.54 Å². The molecule has 0 unspecified atom stereocenters. The van der Waals surface area contributed by atoms with Crippen molar-refractivity contribution >= 4 is 15.9 Å². The zero-order valence-corrected chi connectivity index (χ0v) is 12.8. The lowest BCUT2D eigenvalue weighted by Gasteiger charge is -2.38. The largest absolute Gasteiger partial charge is 0.274 e. The first-order valence-electron chi connectivity index (χ1n) is 7.26. The van der Waals surface area contributed by atoms with Crippen LogP contribution in [0, 0.1) is 18.8 Å². The smallest absolute Gasteiger partial charge is 0.266 e. The van der Waals surface area contributed by atoms with Gasteiger partial charge >= 0.3 is 0 Å². The molecule has 1 heterocycles. The van der Waals surface area contributed by atoms with Crippen LogP contribution in [0.25, 0.3) is 0 Å². The molecule has 2 atom stereocenters. The molecular formula is C16H19NO3S. The summed E-state index contributed by atoms with van der Waals surface area (Å²) in [5, 5.41) is 0. The minimum absolute atomic E-state index is 0.200. The average Bonchev–Trinajstić information content (AvgIpc) is 2.47. The molecule has 0 aromatic heterocycles. The minimum Gasteiger partial charge on any atom is -0.274 e. The fourth-order valence-electron chi connectivity index (χ4n) is 3.11. The molecule has 1 aliphatic heterocycles. The summed E-state index contributed by atoms with van der Waals surface area (Å²) in [6.45, 7) is 2.21. The highest BCUT2D eigenvalue weighted by Crippen LogP contribution is 2.35. The Bertz CT molecular complexity index is 676. The third kappa shape index (κ3) is 2.62. The molecule has 0 saturated carbocycles. The van der Waals surface area contributed by atoms with E-state index in [9.17, 15) is 13.2 Å². The van der Waals surface area contributed by atoms with Gasteiger partial charge in [0.2, 0.25) is 5.91 Å². The molecule has 3 rings (SSSR count). The van der Waals surface area contributed by atoms with Crippen molar-refractivity contribution in [1.82, 2.24) is 4.31 Å². The molecule has 112 valence electrons. The van der Waals surface area contributed by atoms with Gasteiger partial charge in [0.05, 0.1) is 4.90 Å². The van der Waals surface area contributed by atoms with Gasteiger partial charge in [-0.05, 0) is 43.7 Å². The number of nitrogens with zero attached hydrogens (tertiary/aromatic N) is 1. The van der Waals surface area contributed by atoms with Crippen molar-refractivity contribution < 1.29 is 13.2 Å². The summed E-state index contributed by atoms with van der Waals surface area (Å²) >= 11 is 0. The molecule has 1 aliphatic carbocycles. The second kappa shape index (κ2) is 5.30. The van der Waals surface area contributed by atoms with Gasteiger partial charge in [-0.15, -0.1) is 0 Å².